The average molecular weight is 283 g/mol. The van der Waals surface area contributed by atoms with Crippen LogP contribution in [0, 0.1) is 0 Å². The molecule has 0 atom stereocenters. The van der Waals surface area contributed by atoms with Crippen LogP contribution in [0.1, 0.15) is 55.1 Å². The quantitative estimate of drug-likeness (QED) is 0.891. The number of carbonyl (C=O) groups is 1. The summed E-state index contributed by atoms with van der Waals surface area (Å²) in [4.78, 5) is 12.2. The van der Waals surface area contributed by atoms with Crippen LogP contribution < -0.4 is 10.6 Å². The van der Waals surface area contributed by atoms with Gasteiger partial charge in [0, 0.05) is 24.2 Å². The predicted molar refractivity (Wildman–Crippen MR) is 80.7 cm³/mol. The second-order valence-corrected chi connectivity index (χ2v) is 5.31. The summed E-state index contributed by atoms with van der Waals surface area (Å²) in [5, 5.41) is 6.43. The molecule has 1 aromatic carbocycles. The Morgan fingerprint density at radius 2 is 1.89 bits per heavy atom. The summed E-state index contributed by atoms with van der Waals surface area (Å²) in [6, 6.07) is 5.99. The fourth-order valence-corrected chi connectivity index (χ4v) is 2.21. The van der Waals surface area contributed by atoms with Gasteiger partial charge in [-0.3, -0.25) is 4.79 Å². The molecule has 0 saturated heterocycles. The molecule has 1 heterocycles. The monoisotopic (exact) mass is 282 g/mol. The summed E-state index contributed by atoms with van der Waals surface area (Å²) in [5.74, 6) is 0.0379. The Labute approximate surface area is 121 Å². The van der Waals surface area contributed by atoms with E-state index in [1.54, 1.807) is 0 Å². The third kappa shape index (κ3) is 3.48. The van der Waals surface area contributed by atoms with E-state index in [2.05, 4.69) is 37.5 Å². The van der Waals surface area contributed by atoms with Crippen molar-refractivity contribution >= 4 is 18.3 Å². The van der Waals surface area contributed by atoms with Crippen molar-refractivity contribution in [1.29, 1.82) is 0 Å². The van der Waals surface area contributed by atoms with Crippen molar-refractivity contribution in [3.05, 3.63) is 34.9 Å². The first-order chi connectivity index (χ1) is 8.58. The van der Waals surface area contributed by atoms with E-state index in [9.17, 15) is 4.79 Å². The number of halogens is 1. The number of carbonyl (C=O) groups excluding carboxylic acids is 1. The Bertz CT molecular complexity index is 455. The van der Waals surface area contributed by atoms with E-state index < -0.39 is 0 Å². The van der Waals surface area contributed by atoms with Gasteiger partial charge in [-0.05, 0) is 43.0 Å². The zero-order valence-corrected chi connectivity index (χ0v) is 12.7. The minimum Gasteiger partial charge on any atom is -0.347 e. The van der Waals surface area contributed by atoms with Crippen LogP contribution in [-0.4, -0.2) is 11.4 Å². The number of amides is 1. The Kier molecular flexibility index (Phi) is 5.39. The second-order valence-electron chi connectivity index (χ2n) is 5.31. The molecule has 1 aromatic rings. The standard InChI is InChI=1S/C15H22N2O.ClH/c1-4-15(3,5-2)17-14(18)11-6-7-12-9-16-10-13(12)8-11;/h6-8,16H,4-5,9-10H2,1-3H3,(H,17,18);1H. The Hall–Kier alpha value is -1.06. The summed E-state index contributed by atoms with van der Waals surface area (Å²) in [5.41, 5.74) is 3.22. The summed E-state index contributed by atoms with van der Waals surface area (Å²) in [6.45, 7) is 8.10. The first-order valence-corrected chi connectivity index (χ1v) is 6.73. The van der Waals surface area contributed by atoms with E-state index in [1.807, 2.05) is 12.1 Å². The minimum absolute atomic E-state index is 0. The lowest BCUT2D eigenvalue weighted by Crippen LogP contribution is -2.44. The van der Waals surface area contributed by atoms with Crippen LogP contribution in [-0.2, 0) is 13.1 Å². The van der Waals surface area contributed by atoms with Crippen molar-refractivity contribution in [3.8, 4) is 0 Å². The third-order valence-electron chi connectivity index (χ3n) is 4.08. The highest BCUT2D eigenvalue weighted by molar-refractivity contribution is 5.95. The molecule has 2 rings (SSSR count). The smallest absolute Gasteiger partial charge is 0.251 e. The van der Waals surface area contributed by atoms with Crippen LogP contribution in [0.25, 0.3) is 0 Å². The fourth-order valence-electron chi connectivity index (χ4n) is 2.21. The van der Waals surface area contributed by atoms with Crippen LogP contribution in [0.15, 0.2) is 18.2 Å². The molecule has 2 N–H and O–H groups in total. The van der Waals surface area contributed by atoms with E-state index in [-0.39, 0.29) is 23.9 Å². The number of benzene rings is 1. The maximum Gasteiger partial charge on any atom is 0.251 e. The average Bonchev–Trinajstić information content (AvgIpc) is 2.85. The van der Waals surface area contributed by atoms with Crippen molar-refractivity contribution in [3.63, 3.8) is 0 Å². The summed E-state index contributed by atoms with van der Waals surface area (Å²) < 4.78 is 0. The SMILES string of the molecule is CCC(C)(CC)NC(=O)c1ccc2c(c1)CNC2.Cl. The molecule has 0 radical (unpaired) electrons. The largest absolute Gasteiger partial charge is 0.347 e. The van der Waals surface area contributed by atoms with E-state index in [0.29, 0.717) is 0 Å². The molecule has 0 spiro atoms. The van der Waals surface area contributed by atoms with Gasteiger partial charge in [0.25, 0.3) is 5.91 Å². The molecule has 0 unspecified atom stereocenters. The van der Waals surface area contributed by atoms with Crippen LogP contribution >= 0.6 is 12.4 Å². The van der Waals surface area contributed by atoms with Crippen LogP contribution in [0.2, 0.25) is 0 Å². The number of hydrogen-bond acceptors (Lipinski definition) is 2. The third-order valence-corrected chi connectivity index (χ3v) is 4.08. The molecule has 1 amide bonds. The highest BCUT2D eigenvalue weighted by atomic mass is 35.5. The lowest BCUT2D eigenvalue weighted by Gasteiger charge is -2.28. The van der Waals surface area contributed by atoms with Crippen LogP contribution in [0.4, 0.5) is 0 Å². The number of rotatable bonds is 4. The Morgan fingerprint density at radius 1 is 1.26 bits per heavy atom. The molecular weight excluding hydrogens is 260 g/mol. The maximum atomic E-state index is 12.2. The lowest BCUT2D eigenvalue weighted by molar-refractivity contribution is 0.0901. The molecule has 0 fully saturated rings. The maximum absolute atomic E-state index is 12.2. The van der Waals surface area contributed by atoms with Gasteiger partial charge in [-0.1, -0.05) is 19.9 Å². The fraction of sp³-hybridized carbons (Fsp3) is 0.533. The summed E-state index contributed by atoms with van der Waals surface area (Å²) in [7, 11) is 0. The molecule has 1 aliphatic heterocycles. The molecular formula is C15H23ClN2O. The van der Waals surface area contributed by atoms with Gasteiger partial charge < -0.3 is 10.6 Å². The molecule has 19 heavy (non-hydrogen) atoms. The first-order valence-electron chi connectivity index (χ1n) is 6.73. The van der Waals surface area contributed by atoms with Crippen molar-refractivity contribution in [2.75, 3.05) is 0 Å². The van der Waals surface area contributed by atoms with Gasteiger partial charge in [-0.15, -0.1) is 12.4 Å². The van der Waals surface area contributed by atoms with Gasteiger partial charge in [-0.2, -0.15) is 0 Å². The number of hydrogen-bond donors (Lipinski definition) is 2. The first kappa shape index (κ1) is 16.0. The predicted octanol–water partition coefficient (Wildman–Crippen LogP) is 3.02. The molecule has 0 bridgehead atoms. The minimum atomic E-state index is -0.103. The van der Waals surface area contributed by atoms with E-state index in [0.717, 1.165) is 31.5 Å². The Morgan fingerprint density at radius 3 is 2.53 bits per heavy atom. The summed E-state index contributed by atoms with van der Waals surface area (Å²) in [6.07, 6.45) is 1.89. The van der Waals surface area contributed by atoms with Crippen LogP contribution in [0.5, 0.6) is 0 Å². The Balaban J connectivity index is 0.00000180. The molecule has 3 nitrogen and oxygen atoms in total. The molecule has 0 saturated carbocycles. The highest BCUT2D eigenvalue weighted by Crippen LogP contribution is 2.19. The van der Waals surface area contributed by atoms with Crippen LogP contribution in [0.3, 0.4) is 0 Å². The lowest BCUT2D eigenvalue weighted by atomic mass is 9.95. The highest BCUT2D eigenvalue weighted by Gasteiger charge is 2.23. The van der Waals surface area contributed by atoms with E-state index in [1.165, 1.54) is 11.1 Å². The van der Waals surface area contributed by atoms with E-state index in [4.69, 9.17) is 0 Å². The van der Waals surface area contributed by atoms with Gasteiger partial charge in [0.05, 0.1) is 0 Å². The normalized spacial score (nSPS) is 13.6. The van der Waals surface area contributed by atoms with Gasteiger partial charge in [0.1, 0.15) is 0 Å². The van der Waals surface area contributed by atoms with Gasteiger partial charge in [0.15, 0.2) is 0 Å². The van der Waals surface area contributed by atoms with Gasteiger partial charge >= 0.3 is 0 Å². The molecule has 0 aliphatic carbocycles. The zero-order chi connectivity index (χ0) is 13.2. The topological polar surface area (TPSA) is 41.1 Å². The molecule has 106 valence electrons. The van der Waals surface area contributed by atoms with Crippen molar-refractivity contribution in [2.24, 2.45) is 0 Å². The number of nitrogens with one attached hydrogen (secondary N) is 2. The van der Waals surface area contributed by atoms with Gasteiger partial charge in [-0.25, -0.2) is 0 Å². The second kappa shape index (κ2) is 6.40. The molecule has 4 heteroatoms. The van der Waals surface area contributed by atoms with Crippen molar-refractivity contribution in [1.82, 2.24) is 10.6 Å². The van der Waals surface area contributed by atoms with Crippen molar-refractivity contribution in [2.45, 2.75) is 52.2 Å². The molecule has 0 aromatic heterocycles. The van der Waals surface area contributed by atoms with Gasteiger partial charge in [0.2, 0.25) is 0 Å². The zero-order valence-electron chi connectivity index (χ0n) is 11.9. The summed E-state index contributed by atoms with van der Waals surface area (Å²) >= 11 is 0. The van der Waals surface area contributed by atoms with E-state index >= 15 is 0 Å². The number of fused-ring (bicyclic) bond motifs is 1. The molecule has 1 aliphatic rings. The van der Waals surface area contributed by atoms with Crippen molar-refractivity contribution < 1.29 is 4.79 Å².